The zero-order valence-electron chi connectivity index (χ0n) is 8.44. The molecule has 1 aromatic rings. The SMILES string of the molecule is NCC1(c2ccc(C(F)(F)F)c(Cl)c2)CC1. The van der Waals surface area contributed by atoms with Crippen molar-refractivity contribution in [3.63, 3.8) is 0 Å². The van der Waals surface area contributed by atoms with Crippen molar-refractivity contribution in [1.82, 2.24) is 0 Å². The summed E-state index contributed by atoms with van der Waals surface area (Å²) in [5.41, 5.74) is 5.50. The van der Waals surface area contributed by atoms with E-state index in [0.717, 1.165) is 24.5 Å². The molecule has 0 unspecified atom stereocenters. The lowest BCUT2D eigenvalue weighted by molar-refractivity contribution is -0.137. The minimum Gasteiger partial charge on any atom is -0.330 e. The van der Waals surface area contributed by atoms with Crippen molar-refractivity contribution in [2.24, 2.45) is 5.73 Å². The highest BCUT2D eigenvalue weighted by atomic mass is 35.5. The Bertz CT molecular complexity index is 410. The summed E-state index contributed by atoms with van der Waals surface area (Å²) in [6.45, 7) is 0.453. The van der Waals surface area contributed by atoms with Crippen molar-refractivity contribution in [3.05, 3.63) is 34.3 Å². The van der Waals surface area contributed by atoms with Crippen LogP contribution in [0, 0.1) is 0 Å². The summed E-state index contributed by atoms with van der Waals surface area (Å²) in [7, 11) is 0. The van der Waals surface area contributed by atoms with E-state index in [1.165, 1.54) is 12.1 Å². The van der Waals surface area contributed by atoms with Gasteiger partial charge in [-0.25, -0.2) is 0 Å². The summed E-state index contributed by atoms with van der Waals surface area (Å²) in [4.78, 5) is 0. The molecule has 1 saturated carbocycles. The molecule has 0 bridgehead atoms. The highest BCUT2D eigenvalue weighted by molar-refractivity contribution is 6.31. The van der Waals surface area contributed by atoms with Gasteiger partial charge in [0.1, 0.15) is 0 Å². The van der Waals surface area contributed by atoms with Crippen LogP contribution in [0.5, 0.6) is 0 Å². The third-order valence-electron chi connectivity index (χ3n) is 3.13. The zero-order valence-corrected chi connectivity index (χ0v) is 9.20. The Labute approximate surface area is 96.4 Å². The molecule has 1 nitrogen and oxygen atoms in total. The first-order valence-electron chi connectivity index (χ1n) is 4.96. The molecule has 2 N–H and O–H groups in total. The van der Waals surface area contributed by atoms with E-state index >= 15 is 0 Å². The van der Waals surface area contributed by atoms with E-state index in [9.17, 15) is 13.2 Å². The number of rotatable bonds is 2. The summed E-state index contributed by atoms with van der Waals surface area (Å²) < 4.78 is 37.4. The molecule has 1 fully saturated rings. The number of halogens is 4. The fourth-order valence-corrected chi connectivity index (χ4v) is 2.12. The van der Waals surface area contributed by atoms with E-state index in [-0.39, 0.29) is 10.4 Å². The van der Waals surface area contributed by atoms with Crippen molar-refractivity contribution in [2.45, 2.75) is 24.4 Å². The van der Waals surface area contributed by atoms with Gasteiger partial charge in [0.25, 0.3) is 0 Å². The average molecular weight is 250 g/mol. The molecule has 0 atom stereocenters. The van der Waals surface area contributed by atoms with Gasteiger partial charge in [-0.3, -0.25) is 0 Å². The zero-order chi connectivity index (χ0) is 12.0. The van der Waals surface area contributed by atoms with Crippen molar-refractivity contribution in [2.75, 3.05) is 6.54 Å². The van der Waals surface area contributed by atoms with Gasteiger partial charge >= 0.3 is 6.18 Å². The summed E-state index contributed by atoms with van der Waals surface area (Å²) in [6, 6.07) is 3.91. The highest BCUT2D eigenvalue weighted by Gasteiger charge is 2.43. The predicted octanol–water partition coefficient (Wildman–Crippen LogP) is 3.35. The van der Waals surface area contributed by atoms with Crippen LogP contribution in [0.2, 0.25) is 5.02 Å². The van der Waals surface area contributed by atoms with Gasteiger partial charge in [0.2, 0.25) is 0 Å². The van der Waals surface area contributed by atoms with Crippen LogP contribution in [-0.2, 0) is 11.6 Å². The Morgan fingerprint density at radius 1 is 1.31 bits per heavy atom. The summed E-state index contributed by atoms with van der Waals surface area (Å²) in [5.74, 6) is 0. The summed E-state index contributed by atoms with van der Waals surface area (Å²) in [6.07, 6.45) is -2.55. The Hall–Kier alpha value is -0.740. The van der Waals surface area contributed by atoms with Crippen LogP contribution in [0.3, 0.4) is 0 Å². The maximum Gasteiger partial charge on any atom is 0.417 e. The van der Waals surface area contributed by atoms with E-state index in [1.54, 1.807) is 0 Å². The van der Waals surface area contributed by atoms with Gasteiger partial charge in [0, 0.05) is 12.0 Å². The molecular formula is C11H11ClF3N. The van der Waals surface area contributed by atoms with Gasteiger partial charge in [-0.15, -0.1) is 0 Å². The Morgan fingerprint density at radius 2 is 1.94 bits per heavy atom. The van der Waals surface area contributed by atoms with Crippen molar-refractivity contribution < 1.29 is 13.2 Å². The molecule has 0 aliphatic heterocycles. The molecule has 0 saturated heterocycles. The average Bonchev–Trinajstić information content (AvgIpc) is 2.96. The first-order chi connectivity index (χ1) is 7.39. The lowest BCUT2D eigenvalue weighted by Crippen LogP contribution is -2.20. The maximum atomic E-state index is 12.5. The second kappa shape index (κ2) is 3.64. The molecule has 0 radical (unpaired) electrons. The van der Waals surface area contributed by atoms with Gasteiger partial charge in [0.05, 0.1) is 10.6 Å². The lowest BCUT2D eigenvalue weighted by Gasteiger charge is -2.15. The first-order valence-corrected chi connectivity index (χ1v) is 5.34. The topological polar surface area (TPSA) is 26.0 Å². The van der Waals surface area contributed by atoms with E-state index in [1.807, 2.05) is 0 Å². The third kappa shape index (κ3) is 1.92. The van der Waals surface area contributed by atoms with Crippen LogP contribution >= 0.6 is 11.6 Å². The largest absolute Gasteiger partial charge is 0.417 e. The van der Waals surface area contributed by atoms with Crippen molar-refractivity contribution in [3.8, 4) is 0 Å². The van der Waals surface area contributed by atoms with Crippen LogP contribution in [0.1, 0.15) is 24.0 Å². The maximum absolute atomic E-state index is 12.5. The van der Waals surface area contributed by atoms with E-state index < -0.39 is 11.7 Å². The lowest BCUT2D eigenvalue weighted by atomic mass is 9.95. The van der Waals surface area contributed by atoms with Gasteiger partial charge < -0.3 is 5.73 Å². The molecule has 0 aromatic heterocycles. The van der Waals surface area contributed by atoms with E-state index in [2.05, 4.69) is 0 Å². The first kappa shape index (κ1) is 11.7. The molecule has 16 heavy (non-hydrogen) atoms. The van der Waals surface area contributed by atoms with Crippen LogP contribution in [0.4, 0.5) is 13.2 Å². The monoisotopic (exact) mass is 249 g/mol. The van der Waals surface area contributed by atoms with Crippen LogP contribution in [-0.4, -0.2) is 6.54 Å². The molecule has 88 valence electrons. The molecule has 1 aromatic carbocycles. The summed E-state index contributed by atoms with van der Waals surface area (Å²) in [5, 5.41) is -0.246. The van der Waals surface area contributed by atoms with Gasteiger partial charge in [-0.2, -0.15) is 13.2 Å². The fraction of sp³-hybridized carbons (Fsp3) is 0.455. The van der Waals surface area contributed by atoms with E-state index in [4.69, 9.17) is 17.3 Å². The number of nitrogens with two attached hydrogens (primary N) is 1. The quantitative estimate of drug-likeness (QED) is 0.855. The van der Waals surface area contributed by atoms with E-state index in [0.29, 0.717) is 6.54 Å². The van der Waals surface area contributed by atoms with Crippen molar-refractivity contribution >= 4 is 11.6 Å². The second-order valence-corrected chi connectivity index (χ2v) is 4.58. The van der Waals surface area contributed by atoms with Gasteiger partial charge in [-0.05, 0) is 30.5 Å². The molecule has 0 spiro atoms. The molecular weight excluding hydrogens is 239 g/mol. The molecule has 1 aliphatic rings. The Balaban J connectivity index is 2.37. The number of hydrogen-bond acceptors (Lipinski definition) is 1. The molecule has 5 heteroatoms. The molecule has 0 amide bonds. The smallest absolute Gasteiger partial charge is 0.330 e. The Morgan fingerprint density at radius 3 is 2.31 bits per heavy atom. The minimum atomic E-state index is -4.39. The molecule has 2 rings (SSSR count). The number of benzene rings is 1. The standard InChI is InChI=1S/C11H11ClF3N/c12-9-5-7(10(6-16)3-4-10)1-2-8(9)11(13,14)15/h1-2,5H,3-4,6,16H2. The Kier molecular flexibility index (Phi) is 2.67. The second-order valence-electron chi connectivity index (χ2n) is 4.18. The summed E-state index contributed by atoms with van der Waals surface area (Å²) >= 11 is 5.64. The van der Waals surface area contributed by atoms with Crippen LogP contribution < -0.4 is 5.73 Å². The normalized spacial score (nSPS) is 18.6. The van der Waals surface area contributed by atoms with Crippen molar-refractivity contribution in [1.29, 1.82) is 0 Å². The van der Waals surface area contributed by atoms with Crippen LogP contribution in [0.25, 0.3) is 0 Å². The number of hydrogen-bond donors (Lipinski definition) is 1. The molecule has 1 aliphatic carbocycles. The number of alkyl halides is 3. The predicted molar refractivity (Wildman–Crippen MR) is 56.4 cm³/mol. The minimum absolute atomic E-state index is 0.131. The van der Waals surface area contributed by atoms with Gasteiger partial charge in [-0.1, -0.05) is 17.7 Å². The highest BCUT2D eigenvalue weighted by Crippen LogP contribution is 2.48. The van der Waals surface area contributed by atoms with Gasteiger partial charge in [0.15, 0.2) is 0 Å². The molecule has 0 heterocycles. The van der Waals surface area contributed by atoms with Crippen LogP contribution in [0.15, 0.2) is 18.2 Å². The fourth-order valence-electron chi connectivity index (χ4n) is 1.84. The third-order valence-corrected chi connectivity index (χ3v) is 3.44.